The van der Waals surface area contributed by atoms with Crippen molar-refractivity contribution in [1.82, 2.24) is 4.90 Å². The first kappa shape index (κ1) is 17.6. The summed E-state index contributed by atoms with van der Waals surface area (Å²) < 4.78 is 0. The zero-order valence-corrected chi connectivity index (χ0v) is 15.7. The molecule has 26 heavy (non-hydrogen) atoms. The van der Waals surface area contributed by atoms with Crippen LogP contribution in [0, 0.1) is 0 Å². The van der Waals surface area contributed by atoms with Gasteiger partial charge in [0.2, 0.25) is 5.91 Å². The summed E-state index contributed by atoms with van der Waals surface area (Å²) in [6, 6.07) is 16.7. The van der Waals surface area contributed by atoms with Gasteiger partial charge in [0.1, 0.15) is 0 Å². The molecular formula is C22H25ClN2O. The first-order valence-electron chi connectivity index (χ1n) is 9.44. The van der Waals surface area contributed by atoms with Gasteiger partial charge in [-0.25, -0.2) is 0 Å². The molecule has 2 aliphatic rings. The van der Waals surface area contributed by atoms with E-state index < -0.39 is 0 Å². The normalized spacial score (nSPS) is 25.8. The van der Waals surface area contributed by atoms with Gasteiger partial charge < -0.3 is 10.6 Å². The van der Waals surface area contributed by atoms with E-state index in [0.29, 0.717) is 19.0 Å². The van der Waals surface area contributed by atoms with Gasteiger partial charge in [0.05, 0.1) is 6.42 Å². The van der Waals surface area contributed by atoms with Crippen LogP contribution in [-0.4, -0.2) is 23.4 Å². The van der Waals surface area contributed by atoms with Crippen LogP contribution in [0.3, 0.4) is 0 Å². The molecule has 136 valence electrons. The van der Waals surface area contributed by atoms with E-state index >= 15 is 0 Å². The number of rotatable bonds is 3. The second-order valence-electron chi connectivity index (χ2n) is 7.69. The third kappa shape index (κ3) is 3.15. The molecule has 4 heteroatoms. The molecule has 0 atom stereocenters. The maximum atomic E-state index is 12.7. The summed E-state index contributed by atoms with van der Waals surface area (Å²) in [5, 5.41) is 0.764. The molecule has 2 N–H and O–H groups in total. The predicted molar refractivity (Wildman–Crippen MR) is 105 cm³/mol. The number of hydrogen-bond acceptors (Lipinski definition) is 2. The molecule has 0 unspecified atom stereocenters. The molecule has 2 aromatic rings. The van der Waals surface area contributed by atoms with Gasteiger partial charge in [0.15, 0.2) is 0 Å². The molecule has 1 amide bonds. The van der Waals surface area contributed by atoms with Gasteiger partial charge in [-0.2, -0.15) is 0 Å². The Morgan fingerprint density at radius 1 is 1.08 bits per heavy atom. The monoisotopic (exact) mass is 368 g/mol. The number of carbonyl (C=O) groups is 1. The lowest BCUT2D eigenvalue weighted by Gasteiger charge is -2.44. The average Bonchev–Trinajstić information content (AvgIpc) is 2.67. The predicted octanol–water partition coefficient (Wildman–Crippen LogP) is 4.06. The van der Waals surface area contributed by atoms with Crippen LogP contribution in [0.15, 0.2) is 48.5 Å². The van der Waals surface area contributed by atoms with Crippen LogP contribution >= 0.6 is 11.6 Å². The van der Waals surface area contributed by atoms with E-state index in [-0.39, 0.29) is 11.3 Å². The number of amides is 1. The van der Waals surface area contributed by atoms with Crippen molar-refractivity contribution in [2.24, 2.45) is 5.73 Å². The highest BCUT2D eigenvalue weighted by Crippen LogP contribution is 2.41. The van der Waals surface area contributed by atoms with E-state index in [0.717, 1.165) is 37.3 Å². The van der Waals surface area contributed by atoms with Crippen molar-refractivity contribution in [2.75, 3.05) is 6.54 Å². The molecule has 0 aromatic heterocycles. The largest absolute Gasteiger partial charge is 0.335 e. The van der Waals surface area contributed by atoms with Crippen molar-refractivity contribution >= 4 is 17.5 Å². The third-order valence-corrected chi connectivity index (χ3v) is 6.54. The first-order chi connectivity index (χ1) is 12.6. The summed E-state index contributed by atoms with van der Waals surface area (Å²) in [5.74, 6) is 0.261. The minimum atomic E-state index is -0.0157. The lowest BCUT2D eigenvalue weighted by atomic mass is 9.68. The van der Waals surface area contributed by atoms with E-state index in [1.54, 1.807) is 0 Å². The number of benzene rings is 2. The summed E-state index contributed by atoms with van der Waals surface area (Å²) in [7, 11) is 0. The van der Waals surface area contributed by atoms with Crippen LogP contribution in [0.5, 0.6) is 0 Å². The quantitative estimate of drug-likeness (QED) is 0.887. The number of hydrogen-bond donors (Lipinski definition) is 1. The van der Waals surface area contributed by atoms with Gasteiger partial charge in [-0.15, -0.1) is 0 Å². The Bertz CT molecular complexity index is 811. The number of nitrogens with two attached hydrogens (primary N) is 1. The Kier molecular flexibility index (Phi) is 4.76. The van der Waals surface area contributed by atoms with Crippen molar-refractivity contribution in [2.45, 2.75) is 50.1 Å². The van der Waals surface area contributed by atoms with E-state index in [4.69, 9.17) is 17.3 Å². The van der Waals surface area contributed by atoms with Gasteiger partial charge >= 0.3 is 0 Å². The molecule has 0 spiro atoms. The number of halogens is 1. The Hall–Kier alpha value is -1.84. The Labute approximate surface area is 160 Å². The molecule has 0 radical (unpaired) electrons. The van der Waals surface area contributed by atoms with Gasteiger partial charge in [-0.3, -0.25) is 4.79 Å². The second-order valence-corrected chi connectivity index (χ2v) is 8.13. The SMILES string of the molecule is NC[C@]1(c2cccc(Cl)c2)CC[C@@H](N2Cc3ccccc3CC2=O)CC1. The first-order valence-corrected chi connectivity index (χ1v) is 9.81. The molecule has 4 rings (SSSR count). The molecule has 0 bridgehead atoms. The molecule has 1 fully saturated rings. The van der Waals surface area contributed by atoms with Crippen molar-refractivity contribution in [3.63, 3.8) is 0 Å². The third-order valence-electron chi connectivity index (χ3n) is 6.30. The van der Waals surface area contributed by atoms with Crippen molar-refractivity contribution in [3.8, 4) is 0 Å². The number of fused-ring (bicyclic) bond motifs is 1. The highest BCUT2D eigenvalue weighted by Gasteiger charge is 2.39. The lowest BCUT2D eigenvalue weighted by Crippen LogP contribution is -2.49. The molecule has 1 saturated carbocycles. The number of carbonyl (C=O) groups excluding carboxylic acids is 1. The van der Waals surface area contributed by atoms with Crippen LogP contribution in [0.1, 0.15) is 42.4 Å². The highest BCUT2D eigenvalue weighted by molar-refractivity contribution is 6.30. The molecule has 0 saturated heterocycles. The van der Waals surface area contributed by atoms with Gasteiger partial charge in [0, 0.05) is 29.6 Å². The van der Waals surface area contributed by atoms with Crippen LogP contribution in [0.2, 0.25) is 5.02 Å². The lowest BCUT2D eigenvalue weighted by molar-refractivity contribution is -0.135. The van der Waals surface area contributed by atoms with E-state index in [1.165, 1.54) is 16.7 Å². The summed E-state index contributed by atoms with van der Waals surface area (Å²) in [5.41, 5.74) is 9.90. The van der Waals surface area contributed by atoms with Crippen LogP contribution < -0.4 is 5.73 Å². The fraction of sp³-hybridized carbons (Fsp3) is 0.409. The molecule has 1 heterocycles. The van der Waals surface area contributed by atoms with E-state index in [1.807, 2.05) is 18.2 Å². The fourth-order valence-electron chi connectivity index (χ4n) is 4.65. The molecule has 1 aliphatic heterocycles. The van der Waals surface area contributed by atoms with E-state index in [2.05, 4.69) is 35.2 Å². The summed E-state index contributed by atoms with van der Waals surface area (Å²) >= 11 is 6.21. The Morgan fingerprint density at radius 2 is 1.81 bits per heavy atom. The van der Waals surface area contributed by atoms with Crippen LogP contribution in [-0.2, 0) is 23.2 Å². The second kappa shape index (κ2) is 7.05. The standard InChI is InChI=1S/C22H25ClN2O/c23-19-7-3-6-18(13-19)22(15-24)10-8-20(9-11-22)25-14-17-5-2-1-4-16(17)12-21(25)26/h1-7,13,20H,8-12,14-15,24H2/t20-,22+. The van der Waals surface area contributed by atoms with Gasteiger partial charge in [-0.05, 0) is 54.5 Å². The Morgan fingerprint density at radius 3 is 2.50 bits per heavy atom. The number of nitrogens with zero attached hydrogens (tertiary/aromatic N) is 1. The maximum absolute atomic E-state index is 12.7. The van der Waals surface area contributed by atoms with Crippen molar-refractivity contribution < 1.29 is 4.79 Å². The van der Waals surface area contributed by atoms with Gasteiger partial charge in [0.25, 0.3) is 0 Å². The topological polar surface area (TPSA) is 46.3 Å². The minimum absolute atomic E-state index is 0.0157. The summed E-state index contributed by atoms with van der Waals surface area (Å²) in [4.78, 5) is 14.8. The summed E-state index contributed by atoms with van der Waals surface area (Å²) in [6.07, 6.45) is 4.53. The Balaban J connectivity index is 1.50. The van der Waals surface area contributed by atoms with E-state index in [9.17, 15) is 4.79 Å². The zero-order valence-electron chi connectivity index (χ0n) is 15.0. The average molecular weight is 369 g/mol. The van der Waals surface area contributed by atoms with Crippen LogP contribution in [0.25, 0.3) is 0 Å². The van der Waals surface area contributed by atoms with Gasteiger partial charge in [-0.1, -0.05) is 48.0 Å². The molecule has 3 nitrogen and oxygen atoms in total. The zero-order chi connectivity index (χ0) is 18.1. The maximum Gasteiger partial charge on any atom is 0.227 e. The van der Waals surface area contributed by atoms with Crippen molar-refractivity contribution in [1.29, 1.82) is 0 Å². The fourth-order valence-corrected chi connectivity index (χ4v) is 4.84. The molecular weight excluding hydrogens is 344 g/mol. The van der Waals surface area contributed by atoms with Crippen LogP contribution in [0.4, 0.5) is 0 Å². The minimum Gasteiger partial charge on any atom is -0.335 e. The highest BCUT2D eigenvalue weighted by atomic mass is 35.5. The smallest absolute Gasteiger partial charge is 0.227 e. The molecule has 2 aromatic carbocycles. The molecule has 1 aliphatic carbocycles. The van der Waals surface area contributed by atoms with Crippen molar-refractivity contribution in [3.05, 3.63) is 70.2 Å². The summed E-state index contributed by atoms with van der Waals surface area (Å²) in [6.45, 7) is 1.36.